The molecule has 0 atom stereocenters. The maximum absolute atomic E-state index is 12.8. The predicted octanol–water partition coefficient (Wildman–Crippen LogP) is 7.03. The maximum Gasteiger partial charge on any atom is 0.269 e. The predicted molar refractivity (Wildman–Crippen MR) is 144 cm³/mol. The smallest absolute Gasteiger partial charge is 0.269 e. The first-order valence-electron chi connectivity index (χ1n) is 9.92. The van der Waals surface area contributed by atoms with Crippen LogP contribution in [0.2, 0.25) is 15.1 Å². The summed E-state index contributed by atoms with van der Waals surface area (Å²) in [6.07, 6.45) is 0. The van der Waals surface area contributed by atoms with Crippen molar-refractivity contribution in [1.82, 2.24) is 20.3 Å². The van der Waals surface area contributed by atoms with Crippen molar-refractivity contribution in [3.8, 4) is 5.69 Å². The summed E-state index contributed by atoms with van der Waals surface area (Å²) in [4.78, 5) is 14.6. The first kappa shape index (κ1) is 23.0. The highest BCUT2D eigenvalue weighted by Gasteiger charge is 2.18. The van der Waals surface area contributed by atoms with E-state index < -0.39 is 5.91 Å². The van der Waals surface area contributed by atoms with Crippen molar-refractivity contribution in [2.45, 2.75) is 6.92 Å². The van der Waals surface area contributed by atoms with Crippen molar-refractivity contribution < 1.29 is 4.79 Å². The molecule has 3 aromatic carbocycles. The number of carbonyl (C=O) groups excluding carboxylic acids is 1. The van der Waals surface area contributed by atoms with Gasteiger partial charge in [-0.25, -0.2) is 0 Å². The van der Waals surface area contributed by atoms with Crippen LogP contribution in [0, 0.1) is 6.92 Å². The van der Waals surface area contributed by atoms with Crippen molar-refractivity contribution in [3.63, 3.8) is 0 Å². The Labute approximate surface area is 218 Å². The average Bonchev–Trinajstić information content (AvgIpc) is 3.36. The van der Waals surface area contributed by atoms with E-state index in [0.717, 1.165) is 21.3 Å². The molecular weight excluding hydrogens is 533 g/mol. The van der Waals surface area contributed by atoms with E-state index in [1.807, 2.05) is 31.2 Å². The maximum atomic E-state index is 12.8. The Morgan fingerprint density at radius 2 is 1.79 bits per heavy atom. The van der Waals surface area contributed by atoms with Gasteiger partial charge in [0.2, 0.25) is 0 Å². The molecule has 170 valence electrons. The molecule has 34 heavy (non-hydrogen) atoms. The fourth-order valence-electron chi connectivity index (χ4n) is 3.32. The van der Waals surface area contributed by atoms with Crippen LogP contribution < -0.4 is 10.6 Å². The molecule has 0 aliphatic rings. The van der Waals surface area contributed by atoms with E-state index in [1.165, 1.54) is 16.1 Å². The van der Waals surface area contributed by atoms with E-state index in [1.54, 1.807) is 30.3 Å². The van der Waals surface area contributed by atoms with E-state index in [-0.39, 0.29) is 5.11 Å². The number of fused-ring (bicyclic) bond motifs is 2. The molecular formula is C23H14Cl3N5OS2. The van der Waals surface area contributed by atoms with Crippen molar-refractivity contribution in [1.29, 1.82) is 0 Å². The second-order valence-electron chi connectivity index (χ2n) is 7.42. The molecule has 0 aliphatic heterocycles. The molecule has 5 rings (SSSR count). The lowest BCUT2D eigenvalue weighted by Gasteiger charge is -2.08. The summed E-state index contributed by atoms with van der Waals surface area (Å²) in [5.74, 6) is -0.400. The SMILES string of the molecule is Cc1ccc(-n2nc3ccc(NC(=S)NC(=O)c4sc5cc(Cl)ccc5c4Cl)cc3n2)cc1Cl. The minimum absolute atomic E-state index is 0.133. The van der Waals surface area contributed by atoms with Gasteiger partial charge in [0.25, 0.3) is 5.91 Å². The van der Waals surface area contributed by atoms with Gasteiger partial charge in [-0.1, -0.05) is 46.9 Å². The molecule has 2 N–H and O–H groups in total. The topological polar surface area (TPSA) is 71.8 Å². The van der Waals surface area contributed by atoms with Crippen LogP contribution in [-0.4, -0.2) is 26.0 Å². The Hall–Kier alpha value is -2.75. The minimum Gasteiger partial charge on any atom is -0.332 e. The number of rotatable bonds is 3. The van der Waals surface area contributed by atoms with Gasteiger partial charge in [0, 0.05) is 25.8 Å². The standard InChI is InChI=1S/C23H14Cl3N5OS2/c1-11-2-5-14(10-16(11)25)31-29-17-7-4-13(9-18(17)30-31)27-23(33)28-22(32)21-20(26)15-6-3-12(24)8-19(15)34-21/h2-10H,1H3,(H2,27,28,32,33). The molecule has 0 spiro atoms. The second kappa shape index (κ2) is 9.13. The summed E-state index contributed by atoms with van der Waals surface area (Å²) in [7, 11) is 0. The van der Waals surface area contributed by atoms with Crippen LogP contribution in [-0.2, 0) is 0 Å². The third-order valence-corrected chi connectivity index (χ3v) is 7.55. The molecule has 11 heteroatoms. The summed E-state index contributed by atoms with van der Waals surface area (Å²) in [5.41, 5.74) is 3.74. The number of thiocarbonyl (C=S) groups is 1. The Morgan fingerprint density at radius 1 is 1.00 bits per heavy atom. The molecule has 0 saturated carbocycles. The molecule has 1 amide bonds. The Morgan fingerprint density at radius 3 is 2.59 bits per heavy atom. The Bertz CT molecular complexity index is 1610. The van der Waals surface area contributed by atoms with E-state index in [2.05, 4.69) is 20.8 Å². The van der Waals surface area contributed by atoms with Crippen LogP contribution in [0.4, 0.5) is 5.69 Å². The second-order valence-corrected chi connectivity index (χ2v) is 10.1. The van der Waals surface area contributed by atoms with Crippen LogP contribution in [0.25, 0.3) is 26.8 Å². The quantitative estimate of drug-likeness (QED) is 0.238. The van der Waals surface area contributed by atoms with Gasteiger partial charge in [0.15, 0.2) is 5.11 Å². The number of thiophene rings is 1. The normalized spacial score (nSPS) is 11.2. The lowest BCUT2D eigenvalue weighted by atomic mass is 10.2. The van der Waals surface area contributed by atoms with Gasteiger partial charge in [0.1, 0.15) is 15.9 Å². The number of nitrogens with one attached hydrogen (secondary N) is 2. The Kier molecular flexibility index (Phi) is 6.18. The number of halogens is 3. The third-order valence-electron chi connectivity index (χ3n) is 5.05. The highest BCUT2D eigenvalue weighted by molar-refractivity contribution is 7.80. The zero-order chi connectivity index (χ0) is 24.0. The molecule has 0 fully saturated rings. The lowest BCUT2D eigenvalue weighted by molar-refractivity contribution is 0.0982. The van der Waals surface area contributed by atoms with Gasteiger partial charge in [-0.15, -0.1) is 21.5 Å². The van der Waals surface area contributed by atoms with E-state index in [4.69, 9.17) is 47.0 Å². The first-order valence-corrected chi connectivity index (χ1v) is 12.3. The van der Waals surface area contributed by atoms with Gasteiger partial charge in [-0.3, -0.25) is 10.1 Å². The summed E-state index contributed by atoms with van der Waals surface area (Å²) in [5, 5.41) is 17.2. The van der Waals surface area contributed by atoms with Crippen molar-refractivity contribution in [2.75, 3.05) is 5.32 Å². The molecule has 0 bridgehead atoms. The zero-order valence-electron chi connectivity index (χ0n) is 17.4. The fraction of sp³-hybridized carbons (Fsp3) is 0.0435. The number of amides is 1. The number of carbonyl (C=O) groups is 1. The van der Waals surface area contributed by atoms with Gasteiger partial charge in [-0.2, -0.15) is 4.80 Å². The third kappa shape index (κ3) is 4.47. The van der Waals surface area contributed by atoms with E-state index >= 15 is 0 Å². The summed E-state index contributed by atoms with van der Waals surface area (Å²) < 4.78 is 0.824. The van der Waals surface area contributed by atoms with E-state index in [0.29, 0.717) is 36.7 Å². The molecule has 0 radical (unpaired) electrons. The Balaban J connectivity index is 1.33. The van der Waals surface area contributed by atoms with Crippen LogP contribution in [0.3, 0.4) is 0 Å². The lowest BCUT2D eigenvalue weighted by Crippen LogP contribution is -2.33. The molecule has 5 aromatic rings. The van der Waals surface area contributed by atoms with Crippen molar-refractivity contribution in [3.05, 3.63) is 80.1 Å². The van der Waals surface area contributed by atoms with Crippen LogP contribution in [0.15, 0.2) is 54.6 Å². The number of hydrogen-bond donors (Lipinski definition) is 2. The monoisotopic (exact) mass is 545 g/mol. The number of aryl methyl sites for hydroxylation is 1. The van der Waals surface area contributed by atoms with Gasteiger partial charge >= 0.3 is 0 Å². The van der Waals surface area contributed by atoms with Crippen LogP contribution in [0.1, 0.15) is 15.2 Å². The molecule has 0 aliphatic carbocycles. The number of nitrogens with zero attached hydrogens (tertiary/aromatic N) is 3. The van der Waals surface area contributed by atoms with E-state index in [9.17, 15) is 4.79 Å². The molecule has 2 heterocycles. The van der Waals surface area contributed by atoms with Gasteiger partial charge in [-0.05, 0) is 67.2 Å². The van der Waals surface area contributed by atoms with Gasteiger partial charge < -0.3 is 5.32 Å². The fourth-order valence-corrected chi connectivity index (χ4v) is 5.39. The number of anilines is 1. The number of aromatic nitrogens is 3. The van der Waals surface area contributed by atoms with Crippen molar-refractivity contribution in [2.24, 2.45) is 0 Å². The summed E-state index contributed by atoms with van der Waals surface area (Å²) in [6.45, 7) is 1.93. The number of hydrogen-bond acceptors (Lipinski definition) is 5. The summed E-state index contributed by atoms with van der Waals surface area (Å²) in [6, 6.07) is 16.3. The molecule has 0 unspecified atom stereocenters. The largest absolute Gasteiger partial charge is 0.332 e. The summed E-state index contributed by atoms with van der Waals surface area (Å²) >= 11 is 25.3. The number of benzene rings is 3. The zero-order valence-corrected chi connectivity index (χ0v) is 21.3. The molecule has 0 saturated heterocycles. The van der Waals surface area contributed by atoms with Crippen molar-refractivity contribution >= 4 is 96.2 Å². The minimum atomic E-state index is -0.400. The van der Waals surface area contributed by atoms with Crippen LogP contribution >= 0.6 is 58.4 Å². The van der Waals surface area contributed by atoms with Crippen LogP contribution in [0.5, 0.6) is 0 Å². The first-order chi connectivity index (χ1) is 16.3. The molecule has 2 aromatic heterocycles. The van der Waals surface area contributed by atoms with Gasteiger partial charge in [0.05, 0.1) is 10.7 Å². The average molecular weight is 547 g/mol. The molecule has 6 nitrogen and oxygen atoms in total. The highest BCUT2D eigenvalue weighted by Crippen LogP contribution is 2.36. The highest BCUT2D eigenvalue weighted by atomic mass is 35.5.